The molecule has 1 aromatic heterocycles. The van der Waals surface area contributed by atoms with Crippen LogP contribution in [0.4, 0.5) is 5.13 Å². The van der Waals surface area contributed by atoms with Crippen LogP contribution in [0.3, 0.4) is 0 Å². The maximum Gasteiger partial charge on any atom is 0.353 e. The summed E-state index contributed by atoms with van der Waals surface area (Å²) in [5.41, 5.74) is 3.91. The Hall–Kier alpha value is -1.95. The van der Waals surface area contributed by atoms with Gasteiger partial charge in [0.25, 0.3) is 0 Å². The number of aromatic nitrogens is 1. The van der Waals surface area contributed by atoms with Gasteiger partial charge in [0.1, 0.15) is 5.71 Å². The highest BCUT2D eigenvalue weighted by Crippen LogP contribution is 2.25. The van der Waals surface area contributed by atoms with Gasteiger partial charge in [0.05, 0.1) is 17.3 Å². The third-order valence-corrected chi connectivity index (χ3v) is 3.03. The molecule has 0 saturated heterocycles. The van der Waals surface area contributed by atoms with Gasteiger partial charge in [-0.15, -0.1) is 0 Å². The number of nitrogens with one attached hydrogen (secondary N) is 1. The Morgan fingerprint density at radius 2 is 2.24 bits per heavy atom. The lowest BCUT2D eigenvalue weighted by molar-refractivity contribution is -0.132. The first-order valence-electron chi connectivity index (χ1n) is 4.95. The number of benzene rings is 1. The van der Waals surface area contributed by atoms with Gasteiger partial charge in [0.2, 0.25) is 5.13 Å². The average Bonchev–Trinajstić information content (AvgIpc) is 2.77. The molecular weight excluding hydrogens is 238 g/mol. The van der Waals surface area contributed by atoms with E-state index in [9.17, 15) is 4.79 Å². The minimum atomic E-state index is -0.460. The number of hydrogen-bond acceptors (Lipinski definition) is 6. The van der Waals surface area contributed by atoms with Crippen molar-refractivity contribution in [2.75, 3.05) is 12.5 Å². The lowest BCUT2D eigenvalue weighted by Crippen LogP contribution is -2.13. The van der Waals surface area contributed by atoms with E-state index in [-0.39, 0.29) is 5.71 Å². The second-order valence-corrected chi connectivity index (χ2v) is 4.32. The molecule has 6 heteroatoms. The van der Waals surface area contributed by atoms with Crippen LogP contribution in [-0.4, -0.2) is 23.8 Å². The summed E-state index contributed by atoms with van der Waals surface area (Å²) in [6.07, 6.45) is 0. The van der Waals surface area contributed by atoms with E-state index in [0.717, 1.165) is 10.2 Å². The van der Waals surface area contributed by atoms with Crippen LogP contribution in [-0.2, 0) is 9.53 Å². The fraction of sp³-hybridized carbons (Fsp3) is 0.182. The molecule has 0 spiro atoms. The normalized spacial score (nSPS) is 11.5. The van der Waals surface area contributed by atoms with Gasteiger partial charge < -0.3 is 4.74 Å². The molecule has 0 fully saturated rings. The molecule has 1 aromatic carbocycles. The van der Waals surface area contributed by atoms with Crippen molar-refractivity contribution in [1.82, 2.24) is 4.98 Å². The highest BCUT2D eigenvalue weighted by atomic mass is 32.1. The van der Waals surface area contributed by atoms with E-state index in [0.29, 0.717) is 5.13 Å². The largest absolute Gasteiger partial charge is 0.464 e. The van der Waals surface area contributed by atoms with Crippen LogP contribution in [0.25, 0.3) is 10.2 Å². The standard InChI is InChI=1S/C11H11N3O2S/c1-7(10(15)16-2)13-14-11-12-8-5-3-4-6-9(8)17-11/h3-6H,1-2H3,(H,12,14)/b13-7+. The molecule has 0 saturated carbocycles. The van der Waals surface area contributed by atoms with Crippen LogP contribution in [0.1, 0.15) is 6.92 Å². The number of methoxy groups -OCH3 is 1. The number of hydrazone groups is 1. The maximum absolute atomic E-state index is 11.1. The van der Waals surface area contributed by atoms with Gasteiger partial charge in [-0.05, 0) is 19.1 Å². The van der Waals surface area contributed by atoms with Gasteiger partial charge in [-0.25, -0.2) is 9.78 Å². The number of para-hydroxylation sites is 1. The number of fused-ring (bicyclic) bond motifs is 1. The summed E-state index contributed by atoms with van der Waals surface area (Å²) in [5.74, 6) is -0.460. The highest BCUT2D eigenvalue weighted by molar-refractivity contribution is 7.22. The van der Waals surface area contributed by atoms with Crippen molar-refractivity contribution in [2.45, 2.75) is 6.92 Å². The average molecular weight is 249 g/mol. The number of nitrogens with zero attached hydrogens (tertiary/aromatic N) is 2. The maximum atomic E-state index is 11.1. The minimum Gasteiger partial charge on any atom is -0.464 e. The van der Waals surface area contributed by atoms with Gasteiger partial charge in [0, 0.05) is 0 Å². The van der Waals surface area contributed by atoms with Crippen LogP contribution < -0.4 is 5.43 Å². The molecule has 0 bridgehead atoms. The van der Waals surface area contributed by atoms with E-state index in [1.807, 2.05) is 24.3 Å². The molecule has 1 heterocycles. The SMILES string of the molecule is COC(=O)/C(C)=N/Nc1nc2ccccc2s1. The molecular formula is C11H11N3O2S. The number of thiazole rings is 1. The van der Waals surface area contributed by atoms with Crippen LogP contribution >= 0.6 is 11.3 Å². The minimum absolute atomic E-state index is 0.256. The lowest BCUT2D eigenvalue weighted by Gasteiger charge is -1.97. The van der Waals surface area contributed by atoms with Crippen molar-refractivity contribution in [3.8, 4) is 0 Å². The number of hydrogen-bond donors (Lipinski definition) is 1. The van der Waals surface area contributed by atoms with E-state index < -0.39 is 5.97 Å². The zero-order chi connectivity index (χ0) is 12.3. The molecule has 17 heavy (non-hydrogen) atoms. The fourth-order valence-electron chi connectivity index (χ4n) is 1.25. The molecule has 0 radical (unpaired) electrons. The number of esters is 1. The molecule has 0 unspecified atom stereocenters. The van der Waals surface area contributed by atoms with E-state index in [1.54, 1.807) is 6.92 Å². The molecule has 0 aliphatic carbocycles. The third-order valence-electron chi connectivity index (χ3n) is 2.09. The van der Waals surface area contributed by atoms with Gasteiger partial charge in [-0.3, -0.25) is 5.43 Å². The monoisotopic (exact) mass is 249 g/mol. The topological polar surface area (TPSA) is 63.6 Å². The summed E-state index contributed by atoms with van der Waals surface area (Å²) < 4.78 is 5.60. The van der Waals surface area contributed by atoms with Crippen molar-refractivity contribution in [2.24, 2.45) is 5.10 Å². The Morgan fingerprint density at radius 3 is 2.94 bits per heavy atom. The number of carbonyl (C=O) groups excluding carboxylic acids is 1. The Kier molecular flexibility index (Phi) is 3.34. The summed E-state index contributed by atoms with van der Waals surface area (Å²) in [4.78, 5) is 15.4. The molecule has 0 amide bonds. The predicted molar refractivity (Wildman–Crippen MR) is 68.4 cm³/mol. The summed E-state index contributed by atoms with van der Waals surface area (Å²) >= 11 is 1.48. The molecule has 5 nitrogen and oxygen atoms in total. The number of anilines is 1. The smallest absolute Gasteiger partial charge is 0.353 e. The van der Waals surface area contributed by atoms with Crippen molar-refractivity contribution < 1.29 is 9.53 Å². The molecule has 1 N–H and O–H groups in total. The summed E-state index contributed by atoms with van der Waals surface area (Å²) in [6.45, 7) is 1.58. The first kappa shape index (κ1) is 11.5. The Bertz CT molecular complexity index is 544. The van der Waals surface area contributed by atoms with Crippen LogP contribution in [0, 0.1) is 0 Å². The van der Waals surface area contributed by atoms with Crippen molar-refractivity contribution in [3.63, 3.8) is 0 Å². The van der Waals surface area contributed by atoms with Crippen LogP contribution in [0.5, 0.6) is 0 Å². The second-order valence-electron chi connectivity index (χ2n) is 3.29. The number of rotatable bonds is 3. The molecule has 0 aliphatic heterocycles. The van der Waals surface area contributed by atoms with Crippen LogP contribution in [0.15, 0.2) is 29.4 Å². The zero-order valence-corrected chi connectivity index (χ0v) is 10.2. The molecule has 0 aliphatic rings. The highest BCUT2D eigenvalue weighted by Gasteiger charge is 2.06. The Morgan fingerprint density at radius 1 is 1.47 bits per heavy atom. The van der Waals surface area contributed by atoms with Crippen LogP contribution in [0.2, 0.25) is 0 Å². The third kappa shape index (κ3) is 2.59. The predicted octanol–water partition coefficient (Wildman–Crippen LogP) is 2.26. The van der Waals surface area contributed by atoms with Crippen molar-refractivity contribution in [3.05, 3.63) is 24.3 Å². The van der Waals surface area contributed by atoms with E-state index >= 15 is 0 Å². The Labute approximate surface area is 102 Å². The van der Waals surface area contributed by atoms with Gasteiger partial charge in [-0.1, -0.05) is 23.5 Å². The summed E-state index contributed by atoms with van der Waals surface area (Å²) in [6, 6.07) is 7.78. The molecule has 0 atom stereocenters. The van der Waals surface area contributed by atoms with Crippen molar-refractivity contribution in [1.29, 1.82) is 0 Å². The van der Waals surface area contributed by atoms with Gasteiger partial charge in [-0.2, -0.15) is 5.10 Å². The van der Waals surface area contributed by atoms with Crippen molar-refractivity contribution >= 4 is 38.4 Å². The fourth-order valence-corrected chi connectivity index (χ4v) is 2.05. The van der Waals surface area contributed by atoms with Gasteiger partial charge >= 0.3 is 5.97 Å². The second kappa shape index (κ2) is 4.92. The van der Waals surface area contributed by atoms with Gasteiger partial charge in [0.15, 0.2) is 0 Å². The zero-order valence-electron chi connectivity index (χ0n) is 9.43. The quantitative estimate of drug-likeness (QED) is 0.515. The first-order valence-corrected chi connectivity index (χ1v) is 5.76. The summed E-state index contributed by atoms with van der Waals surface area (Å²) in [7, 11) is 1.32. The van der Waals surface area contributed by atoms with E-state index in [2.05, 4.69) is 20.2 Å². The first-order chi connectivity index (χ1) is 8.20. The summed E-state index contributed by atoms with van der Waals surface area (Å²) in [5, 5.41) is 4.55. The molecule has 2 rings (SSSR count). The van der Waals surface area contributed by atoms with E-state index in [4.69, 9.17) is 0 Å². The number of carbonyl (C=O) groups is 1. The molecule has 88 valence electrons. The molecule has 2 aromatic rings. The Balaban J connectivity index is 2.16. The lowest BCUT2D eigenvalue weighted by atomic mass is 10.3. The number of ether oxygens (including phenoxy) is 1. The van der Waals surface area contributed by atoms with E-state index in [1.165, 1.54) is 18.4 Å².